The van der Waals surface area contributed by atoms with Gasteiger partial charge in [0.1, 0.15) is 5.75 Å². The number of nitrogens with one attached hydrogen (secondary N) is 1. The smallest absolute Gasteiger partial charge is 0.387 e. The van der Waals surface area contributed by atoms with Crippen LogP contribution in [0.3, 0.4) is 0 Å². The van der Waals surface area contributed by atoms with Gasteiger partial charge in [0, 0.05) is 12.1 Å². The average Bonchev–Trinajstić information content (AvgIpc) is 3.18. The monoisotopic (exact) mass is 433 g/mol. The largest absolute Gasteiger partial charge is 0.435 e. The summed E-state index contributed by atoms with van der Waals surface area (Å²) in [5, 5.41) is 11.1. The highest BCUT2D eigenvalue weighted by Crippen LogP contribution is 2.24. The van der Waals surface area contributed by atoms with Gasteiger partial charge in [0.2, 0.25) is 11.8 Å². The lowest BCUT2D eigenvalue weighted by Gasteiger charge is -2.07. The van der Waals surface area contributed by atoms with Crippen LogP contribution >= 0.6 is 11.8 Å². The Labute approximate surface area is 177 Å². The fourth-order valence-corrected chi connectivity index (χ4v) is 3.21. The summed E-state index contributed by atoms with van der Waals surface area (Å²) in [6.45, 7) is 1.62. The van der Waals surface area contributed by atoms with Gasteiger partial charge in [0.05, 0.1) is 5.75 Å². The maximum absolute atomic E-state index is 12.1. The van der Waals surface area contributed by atoms with Crippen LogP contribution in [0.1, 0.15) is 16.7 Å². The van der Waals surface area contributed by atoms with Crippen LogP contribution in [-0.4, -0.2) is 35.0 Å². The number of carbonyl (C=O) groups is 1. The number of rotatable bonds is 9. The molecule has 1 heterocycles. The van der Waals surface area contributed by atoms with Gasteiger partial charge >= 0.3 is 6.61 Å². The van der Waals surface area contributed by atoms with Gasteiger partial charge in [0.25, 0.3) is 5.22 Å². The highest BCUT2D eigenvalue weighted by atomic mass is 32.2. The van der Waals surface area contributed by atoms with Crippen molar-refractivity contribution >= 4 is 17.7 Å². The molecule has 0 radical (unpaired) electrons. The van der Waals surface area contributed by atoms with E-state index >= 15 is 0 Å². The molecule has 0 fully saturated rings. The molecule has 0 atom stereocenters. The molecule has 9 heteroatoms. The molecule has 0 aliphatic rings. The van der Waals surface area contributed by atoms with Gasteiger partial charge in [-0.2, -0.15) is 8.78 Å². The lowest BCUT2D eigenvalue weighted by atomic mass is 10.1. The summed E-state index contributed by atoms with van der Waals surface area (Å²) in [7, 11) is 0. The Morgan fingerprint density at radius 2 is 1.90 bits per heavy atom. The van der Waals surface area contributed by atoms with E-state index in [0.29, 0.717) is 24.1 Å². The fraction of sp³-hybridized carbons (Fsp3) is 0.286. The zero-order valence-corrected chi connectivity index (χ0v) is 17.3. The number of thioether (sulfide) groups is 1. The van der Waals surface area contributed by atoms with E-state index in [1.807, 2.05) is 32.0 Å². The van der Waals surface area contributed by atoms with Crippen molar-refractivity contribution in [2.45, 2.75) is 32.1 Å². The normalized spacial score (nSPS) is 11.0. The van der Waals surface area contributed by atoms with Crippen LogP contribution in [0.4, 0.5) is 8.78 Å². The minimum absolute atomic E-state index is 0.105. The Hall–Kier alpha value is -2.94. The van der Waals surface area contributed by atoms with E-state index in [9.17, 15) is 13.6 Å². The second kappa shape index (κ2) is 10.2. The minimum Gasteiger partial charge on any atom is -0.435 e. The molecular weight excluding hydrogens is 412 g/mol. The fourth-order valence-electron chi connectivity index (χ4n) is 2.62. The standard InChI is InChI=1S/C21H21F2N3O3S/c1-13-3-6-16(11-14(13)2)19-25-26-21(29-19)30-12-18(27)24-10-9-15-4-7-17(8-5-15)28-20(22)23/h3-8,11,20H,9-10,12H2,1-2H3,(H,24,27). The predicted molar refractivity (Wildman–Crippen MR) is 110 cm³/mol. The summed E-state index contributed by atoms with van der Waals surface area (Å²) in [5.74, 6) is 0.508. The Bertz CT molecular complexity index is 993. The van der Waals surface area contributed by atoms with Crippen LogP contribution in [0, 0.1) is 13.8 Å². The third-order valence-corrected chi connectivity index (χ3v) is 5.19. The number of halogens is 2. The van der Waals surface area contributed by atoms with E-state index in [0.717, 1.165) is 16.7 Å². The molecule has 3 rings (SSSR count). The number of ether oxygens (including phenoxy) is 1. The molecule has 0 aliphatic carbocycles. The lowest BCUT2D eigenvalue weighted by Crippen LogP contribution is -2.27. The lowest BCUT2D eigenvalue weighted by molar-refractivity contribution is -0.118. The third kappa shape index (κ3) is 6.28. The van der Waals surface area contributed by atoms with Gasteiger partial charge in [-0.15, -0.1) is 10.2 Å². The Kier molecular flexibility index (Phi) is 7.40. The molecule has 2 aromatic carbocycles. The van der Waals surface area contributed by atoms with Crippen molar-refractivity contribution in [3.05, 3.63) is 59.2 Å². The summed E-state index contributed by atoms with van der Waals surface area (Å²) < 4.78 is 34.2. The molecule has 30 heavy (non-hydrogen) atoms. The SMILES string of the molecule is Cc1ccc(-c2nnc(SCC(=O)NCCc3ccc(OC(F)F)cc3)o2)cc1C. The van der Waals surface area contributed by atoms with E-state index in [-0.39, 0.29) is 17.4 Å². The van der Waals surface area contributed by atoms with Gasteiger partial charge in [-0.1, -0.05) is 30.0 Å². The first-order valence-electron chi connectivity index (χ1n) is 9.25. The zero-order valence-electron chi connectivity index (χ0n) is 16.5. The summed E-state index contributed by atoms with van der Waals surface area (Å²) in [4.78, 5) is 12.0. The number of alkyl halides is 2. The molecule has 0 spiro atoms. The summed E-state index contributed by atoms with van der Waals surface area (Å²) in [6, 6.07) is 12.2. The van der Waals surface area contributed by atoms with E-state index < -0.39 is 6.61 Å². The summed E-state index contributed by atoms with van der Waals surface area (Å²) >= 11 is 1.17. The van der Waals surface area contributed by atoms with Crippen LogP contribution in [-0.2, 0) is 11.2 Å². The first-order chi connectivity index (χ1) is 14.4. The number of aromatic nitrogens is 2. The Morgan fingerprint density at radius 1 is 1.13 bits per heavy atom. The molecule has 1 N–H and O–H groups in total. The molecule has 0 saturated heterocycles. The number of amides is 1. The van der Waals surface area contributed by atoms with Crippen LogP contribution < -0.4 is 10.1 Å². The van der Waals surface area contributed by atoms with Crippen LogP contribution in [0.15, 0.2) is 52.1 Å². The molecule has 0 aliphatic heterocycles. The summed E-state index contributed by atoms with van der Waals surface area (Å²) in [6.07, 6.45) is 0.572. The van der Waals surface area contributed by atoms with Crippen molar-refractivity contribution < 1.29 is 22.7 Å². The highest BCUT2D eigenvalue weighted by molar-refractivity contribution is 7.99. The van der Waals surface area contributed by atoms with Crippen molar-refractivity contribution in [2.75, 3.05) is 12.3 Å². The molecule has 0 saturated carbocycles. The second-order valence-corrected chi connectivity index (χ2v) is 7.51. The van der Waals surface area contributed by atoms with Crippen molar-refractivity contribution in [2.24, 2.45) is 0 Å². The maximum atomic E-state index is 12.1. The van der Waals surface area contributed by atoms with Gasteiger partial charge < -0.3 is 14.5 Å². The van der Waals surface area contributed by atoms with Gasteiger partial charge in [-0.3, -0.25) is 4.79 Å². The average molecular weight is 433 g/mol. The quantitative estimate of drug-likeness (QED) is 0.504. The Balaban J connectivity index is 1.41. The van der Waals surface area contributed by atoms with Gasteiger partial charge in [-0.05, 0) is 61.2 Å². The molecular formula is C21H21F2N3O3S. The summed E-state index contributed by atoms with van der Waals surface area (Å²) in [5.41, 5.74) is 4.06. The molecule has 1 aromatic heterocycles. The number of hydrogen-bond acceptors (Lipinski definition) is 6. The van der Waals surface area contributed by atoms with E-state index in [1.54, 1.807) is 12.1 Å². The van der Waals surface area contributed by atoms with Gasteiger partial charge in [0.15, 0.2) is 0 Å². The first-order valence-corrected chi connectivity index (χ1v) is 10.2. The number of nitrogens with zero attached hydrogens (tertiary/aromatic N) is 2. The van der Waals surface area contributed by atoms with E-state index in [4.69, 9.17) is 4.42 Å². The molecule has 6 nitrogen and oxygen atoms in total. The Morgan fingerprint density at radius 3 is 2.60 bits per heavy atom. The molecule has 0 bridgehead atoms. The number of hydrogen-bond donors (Lipinski definition) is 1. The zero-order chi connectivity index (χ0) is 21.5. The number of benzene rings is 2. The van der Waals surface area contributed by atoms with Crippen molar-refractivity contribution in [1.29, 1.82) is 0 Å². The molecule has 1 amide bonds. The van der Waals surface area contributed by atoms with E-state index in [2.05, 4.69) is 20.3 Å². The van der Waals surface area contributed by atoms with Crippen LogP contribution in [0.2, 0.25) is 0 Å². The third-order valence-electron chi connectivity index (χ3n) is 4.37. The van der Waals surface area contributed by atoms with Crippen molar-refractivity contribution in [1.82, 2.24) is 15.5 Å². The maximum Gasteiger partial charge on any atom is 0.387 e. The molecule has 158 valence electrons. The molecule has 3 aromatic rings. The molecule has 0 unspecified atom stereocenters. The van der Waals surface area contributed by atoms with Crippen LogP contribution in [0.25, 0.3) is 11.5 Å². The number of aryl methyl sites for hydroxylation is 2. The van der Waals surface area contributed by atoms with E-state index in [1.165, 1.54) is 29.5 Å². The first kappa shape index (κ1) is 21.8. The second-order valence-electron chi connectivity index (χ2n) is 6.58. The predicted octanol–water partition coefficient (Wildman–Crippen LogP) is 4.41. The van der Waals surface area contributed by atoms with Crippen LogP contribution in [0.5, 0.6) is 5.75 Å². The highest BCUT2D eigenvalue weighted by Gasteiger charge is 2.12. The topological polar surface area (TPSA) is 77.2 Å². The van der Waals surface area contributed by atoms with Gasteiger partial charge in [-0.25, -0.2) is 0 Å². The number of carbonyl (C=O) groups excluding carboxylic acids is 1. The minimum atomic E-state index is -2.84. The van der Waals surface area contributed by atoms with Crippen molar-refractivity contribution in [3.8, 4) is 17.2 Å². The van der Waals surface area contributed by atoms with Crippen molar-refractivity contribution in [3.63, 3.8) is 0 Å².